The van der Waals surface area contributed by atoms with Crippen LogP contribution in [0.3, 0.4) is 0 Å². The largest absolute Gasteiger partial charge is 0.465 e. The molecule has 0 amide bonds. The number of carbonyl (C=O) groups is 1. The zero-order chi connectivity index (χ0) is 15.5. The van der Waals surface area contributed by atoms with Crippen LogP contribution in [0, 0.1) is 0 Å². The number of thiocarbonyl (C=S) groups is 1. The van der Waals surface area contributed by atoms with Crippen molar-refractivity contribution in [2.24, 2.45) is 0 Å². The number of fused-ring (bicyclic) bond motifs is 1. The number of benzene rings is 1. The number of likely N-dealkylation sites (tertiary alicyclic amines) is 1. The van der Waals surface area contributed by atoms with Gasteiger partial charge in [0.25, 0.3) is 0 Å². The number of methoxy groups -OCH3 is 1. The molecular weight excluding hydrogens is 318 g/mol. The number of carbonyl (C=O) groups excluding carboxylic acids is 1. The lowest BCUT2D eigenvalue weighted by Gasteiger charge is -2.28. The SMILES string of the molecule is COC(=O)c1ccc2nc(NC(=S)N3CCCCC3)sc2c1. The first-order valence-corrected chi connectivity index (χ1v) is 8.44. The van der Waals surface area contributed by atoms with Gasteiger partial charge in [0.05, 0.1) is 22.9 Å². The van der Waals surface area contributed by atoms with E-state index >= 15 is 0 Å². The van der Waals surface area contributed by atoms with Crippen molar-refractivity contribution in [1.29, 1.82) is 0 Å². The number of aromatic nitrogens is 1. The fourth-order valence-corrected chi connectivity index (χ4v) is 3.74. The van der Waals surface area contributed by atoms with Crippen molar-refractivity contribution in [2.75, 3.05) is 25.5 Å². The predicted molar refractivity (Wildman–Crippen MR) is 92.6 cm³/mol. The zero-order valence-corrected chi connectivity index (χ0v) is 13.9. The summed E-state index contributed by atoms with van der Waals surface area (Å²) >= 11 is 6.94. The molecule has 7 heteroatoms. The monoisotopic (exact) mass is 335 g/mol. The summed E-state index contributed by atoms with van der Waals surface area (Å²) in [5.41, 5.74) is 1.38. The summed E-state index contributed by atoms with van der Waals surface area (Å²) in [5.74, 6) is -0.339. The van der Waals surface area contributed by atoms with Crippen LogP contribution in [0.1, 0.15) is 29.6 Å². The normalized spacial score (nSPS) is 14.9. The third kappa shape index (κ3) is 3.20. The quantitative estimate of drug-likeness (QED) is 0.671. The lowest BCUT2D eigenvalue weighted by Crippen LogP contribution is -2.38. The first kappa shape index (κ1) is 15.2. The minimum absolute atomic E-state index is 0.339. The Balaban J connectivity index is 1.76. The van der Waals surface area contributed by atoms with Crippen LogP contribution < -0.4 is 5.32 Å². The summed E-state index contributed by atoms with van der Waals surface area (Å²) in [5, 5.41) is 4.70. The molecule has 1 fully saturated rings. The van der Waals surface area contributed by atoms with Gasteiger partial charge in [0.1, 0.15) is 0 Å². The standard InChI is InChI=1S/C15H17N3O2S2/c1-20-13(19)10-5-6-11-12(9-10)22-14(16-11)17-15(21)18-7-3-2-4-8-18/h5-6,9H,2-4,7-8H2,1H3,(H,16,17,21). The number of hydrogen-bond donors (Lipinski definition) is 1. The Morgan fingerprint density at radius 2 is 2.14 bits per heavy atom. The first-order valence-electron chi connectivity index (χ1n) is 7.22. The molecule has 22 heavy (non-hydrogen) atoms. The van der Waals surface area contributed by atoms with Crippen LogP contribution in [0.2, 0.25) is 0 Å². The van der Waals surface area contributed by atoms with Crippen LogP contribution in [0.15, 0.2) is 18.2 Å². The number of thiazole rings is 1. The van der Waals surface area contributed by atoms with Crippen LogP contribution in [-0.4, -0.2) is 41.2 Å². The topological polar surface area (TPSA) is 54.5 Å². The lowest BCUT2D eigenvalue weighted by atomic mass is 10.1. The number of piperidine rings is 1. The van der Waals surface area contributed by atoms with Crippen molar-refractivity contribution in [3.05, 3.63) is 23.8 Å². The number of rotatable bonds is 2. The molecule has 0 unspecified atom stereocenters. The van der Waals surface area contributed by atoms with Gasteiger partial charge in [-0.1, -0.05) is 11.3 Å². The molecule has 2 aromatic rings. The minimum atomic E-state index is -0.339. The highest BCUT2D eigenvalue weighted by Gasteiger charge is 2.15. The lowest BCUT2D eigenvalue weighted by molar-refractivity contribution is 0.0601. The van der Waals surface area contributed by atoms with Crippen molar-refractivity contribution in [3.63, 3.8) is 0 Å². The molecule has 1 aliphatic rings. The van der Waals surface area contributed by atoms with E-state index in [1.54, 1.807) is 12.1 Å². The minimum Gasteiger partial charge on any atom is -0.465 e. The molecule has 1 aromatic heterocycles. The summed E-state index contributed by atoms with van der Waals surface area (Å²) in [6.07, 6.45) is 3.64. The van der Waals surface area contributed by atoms with Gasteiger partial charge in [0.2, 0.25) is 0 Å². The smallest absolute Gasteiger partial charge is 0.337 e. The van der Waals surface area contributed by atoms with E-state index in [0.717, 1.165) is 33.6 Å². The molecule has 1 aromatic carbocycles. The Morgan fingerprint density at radius 1 is 1.36 bits per heavy atom. The predicted octanol–water partition coefficient (Wildman–Crippen LogP) is 3.27. The van der Waals surface area contributed by atoms with Crippen LogP contribution >= 0.6 is 23.6 Å². The van der Waals surface area contributed by atoms with Crippen molar-refractivity contribution >= 4 is 50.0 Å². The molecule has 116 valence electrons. The maximum atomic E-state index is 11.6. The van der Waals surface area contributed by atoms with Gasteiger partial charge in [0.15, 0.2) is 10.2 Å². The molecule has 1 N–H and O–H groups in total. The number of nitrogens with zero attached hydrogens (tertiary/aromatic N) is 2. The summed E-state index contributed by atoms with van der Waals surface area (Å²) < 4.78 is 5.67. The summed E-state index contributed by atoms with van der Waals surface area (Å²) in [6.45, 7) is 2.01. The number of nitrogens with one attached hydrogen (secondary N) is 1. The maximum absolute atomic E-state index is 11.6. The molecule has 0 spiro atoms. The van der Waals surface area contributed by atoms with E-state index in [1.807, 2.05) is 6.07 Å². The number of anilines is 1. The molecular formula is C15H17N3O2S2. The molecule has 0 bridgehead atoms. The number of ether oxygens (including phenoxy) is 1. The van der Waals surface area contributed by atoms with Gasteiger partial charge >= 0.3 is 5.97 Å². The van der Waals surface area contributed by atoms with E-state index in [4.69, 9.17) is 17.0 Å². The summed E-state index contributed by atoms with van der Waals surface area (Å²) in [7, 11) is 1.38. The second-order valence-corrected chi connectivity index (χ2v) is 6.59. The van der Waals surface area contributed by atoms with Gasteiger partial charge in [-0.3, -0.25) is 0 Å². The Kier molecular flexibility index (Phi) is 4.54. The van der Waals surface area contributed by atoms with Crippen molar-refractivity contribution in [2.45, 2.75) is 19.3 Å². The van der Waals surface area contributed by atoms with E-state index in [2.05, 4.69) is 15.2 Å². The average Bonchev–Trinajstić information content (AvgIpc) is 2.96. The zero-order valence-electron chi connectivity index (χ0n) is 12.3. The van der Waals surface area contributed by atoms with E-state index in [0.29, 0.717) is 5.56 Å². The molecule has 0 atom stereocenters. The third-order valence-corrected chi connectivity index (χ3v) is 4.96. The molecule has 5 nitrogen and oxygen atoms in total. The first-order chi connectivity index (χ1) is 10.7. The highest BCUT2D eigenvalue weighted by Crippen LogP contribution is 2.27. The summed E-state index contributed by atoms with van der Waals surface area (Å²) in [6, 6.07) is 5.35. The Hall–Kier alpha value is -1.73. The molecule has 0 saturated carbocycles. The fourth-order valence-electron chi connectivity index (χ4n) is 2.49. The molecule has 0 radical (unpaired) electrons. The summed E-state index contributed by atoms with van der Waals surface area (Å²) in [4.78, 5) is 18.3. The molecule has 2 heterocycles. The van der Waals surface area contributed by atoms with Gasteiger partial charge < -0.3 is 15.0 Å². The van der Waals surface area contributed by atoms with Crippen LogP contribution in [0.25, 0.3) is 10.2 Å². The van der Waals surface area contributed by atoms with Gasteiger partial charge in [-0.15, -0.1) is 0 Å². The molecule has 3 rings (SSSR count). The highest BCUT2D eigenvalue weighted by molar-refractivity contribution is 7.80. The highest BCUT2D eigenvalue weighted by atomic mass is 32.1. The maximum Gasteiger partial charge on any atom is 0.337 e. The van der Waals surface area contributed by atoms with Crippen molar-refractivity contribution in [3.8, 4) is 0 Å². The van der Waals surface area contributed by atoms with Gasteiger partial charge in [-0.25, -0.2) is 9.78 Å². The van der Waals surface area contributed by atoms with Crippen LogP contribution in [0.4, 0.5) is 5.13 Å². The second-order valence-electron chi connectivity index (χ2n) is 5.17. The van der Waals surface area contributed by atoms with Crippen LogP contribution in [0.5, 0.6) is 0 Å². The Bertz CT molecular complexity index is 708. The average molecular weight is 335 g/mol. The molecule has 0 aliphatic carbocycles. The van der Waals surface area contributed by atoms with Gasteiger partial charge in [0, 0.05) is 13.1 Å². The number of esters is 1. The van der Waals surface area contributed by atoms with Gasteiger partial charge in [-0.05, 0) is 49.7 Å². The molecule has 1 saturated heterocycles. The third-order valence-electron chi connectivity index (χ3n) is 3.67. The van der Waals surface area contributed by atoms with Gasteiger partial charge in [-0.2, -0.15) is 0 Å². The van der Waals surface area contributed by atoms with E-state index in [-0.39, 0.29) is 5.97 Å². The Morgan fingerprint density at radius 3 is 2.86 bits per heavy atom. The van der Waals surface area contributed by atoms with E-state index in [1.165, 1.54) is 37.7 Å². The fraction of sp³-hybridized carbons (Fsp3) is 0.400. The van der Waals surface area contributed by atoms with Crippen LogP contribution in [-0.2, 0) is 4.74 Å². The molecule has 1 aliphatic heterocycles. The van der Waals surface area contributed by atoms with E-state index < -0.39 is 0 Å². The Labute approximate surface area is 138 Å². The second kappa shape index (κ2) is 6.58. The number of hydrogen-bond acceptors (Lipinski definition) is 5. The van der Waals surface area contributed by atoms with Crippen molar-refractivity contribution in [1.82, 2.24) is 9.88 Å². The van der Waals surface area contributed by atoms with Crippen molar-refractivity contribution < 1.29 is 9.53 Å². The van der Waals surface area contributed by atoms with E-state index in [9.17, 15) is 4.79 Å².